The van der Waals surface area contributed by atoms with E-state index in [1.165, 1.54) is 4.88 Å². The van der Waals surface area contributed by atoms with Crippen LogP contribution in [0.15, 0.2) is 24.3 Å². The van der Waals surface area contributed by atoms with Crippen molar-refractivity contribution in [2.24, 2.45) is 0 Å². The number of carbonyl (C=O) groups is 2. The standard InChI is InChI=1S/C15H21N3O2S/c1-12-6-7-15(21-12)18-10-9-17(11-14(18)20)13(19)5-4-8-16(2)3/h4-7H,8-11H2,1-3H3/b5-4+. The molecule has 0 unspecified atom stereocenters. The number of anilines is 1. The van der Waals surface area contributed by atoms with Crippen molar-refractivity contribution in [3.8, 4) is 0 Å². The zero-order chi connectivity index (χ0) is 15.4. The number of aryl methyl sites for hydroxylation is 1. The summed E-state index contributed by atoms with van der Waals surface area (Å²) >= 11 is 1.61. The Hall–Kier alpha value is -1.66. The summed E-state index contributed by atoms with van der Waals surface area (Å²) in [6, 6.07) is 3.97. The first-order chi connectivity index (χ1) is 9.97. The normalized spacial score (nSPS) is 16.3. The van der Waals surface area contributed by atoms with Gasteiger partial charge in [0.1, 0.15) is 6.54 Å². The summed E-state index contributed by atoms with van der Waals surface area (Å²) in [5.74, 6) is -0.107. The first kappa shape index (κ1) is 15.7. The van der Waals surface area contributed by atoms with Gasteiger partial charge in [-0.3, -0.25) is 9.59 Å². The van der Waals surface area contributed by atoms with Crippen LogP contribution < -0.4 is 4.90 Å². The largest absolute Gasteiger partial charge is 0.328 e. The molecule has 0 bridgehead atoms. The maximum atomic E-state index is 12.2. The molecule has 0 N–H and O–H groups in total. The highest BCUT2D eigenvalue weighted by Gasteiger charge is 2.27. The molecule has 1 aliphatic rings. The minimum absolute atomic E-state index is 0.0162. The summed E-state index contributed by atoms with van der Waals surface area (Å²) in [7, 11) is 3.89. The van der Waals surface area contributed by atoms with Crippen LogP contribution in [0.2, 0.25) is 0 Å². The average molecular weight is 307 g/mol. The fourth-order valence-corrected chi connectivity index (χ4v) is 3.04. The van der Waals surface area contributed by atoms with Gasteiger partial charge in [-0.05, 0) is 33.2 Å². The van der Waals surface area contributed by atoms with E-state index in [4.69, 9.17) is 0 Å². The molecule has 0 aromatic carbocycles. The van der Waals surface area contributed by atoms with Crippen molar-refractivity contribution in [2.75, 3.05) is 45.2 Å². The molecule has 1 aromatic heterocycles. The van der Waals surface area contributed by atoms with E-state index in [1.54, 1.807) is 27.2 Å². The fraction of sp³-hybridized carbons (Fsp3) is 0.467. The van der Waals surface area contributed by atoms with E-state index in [-0.39, 0.29) is 18.4 Å². The summed E-state index contributed by atoms with van der Waals surface area (Å²) in [6.07, 6.45) is 3.38. The molecule has 6 heteroatoms. The van der Waals surface area contributed by atoms with E-state index in [2.05, 4.69) is 0 Å². The first-order valence-corrected chi connectivity index (χ1v) is 7.76. The van der Waals surface area contributed by atoms with Crippen molar-refractivity contribution in [2.45, 2.75) is 6.92 Å². The van der Waals surface area contributed by atoms with Gasteiger partial charge in [0.05, 0.1) is 5.00 Å². The number of carbonyl (C=O) groups excluding carboxylic acids is 2. The van der Waals surface area contributed by atoms with Crippen LogP contribution in [-0.4, -0.2) is 61.9 Å². The van der Waals surface area contributed by atoms with Crippen molar-refractivity contribution in [1.29, 1.82) is 0 Å². The third kappa shape index (κ3) is 4.15. The summed E-state index contributed by atoms with van der Waals surface area (Å²) in [4.78, 5) is 30.8. The first-order valence-electron chi connectivity index (χ1n) is 6.94. The Morgan fingerprint density at radius 3 is 2.71 bits per heavy atom. The third-order valence-electron chi connectivity index (χ3n) is 3.26. The van der Waals surface area contributed by atoms with Gasteiger partial charge in [0, 0.05) is 30.6 Å². The van der Waals surface area contributed by atoms with Crippen LogP contribution in [0.25, 0.3) is 0 Å². The van der Waals surface area contributed by atoms with Gasteiger partial charge in [-0.1, -0.05) is 6.08 Å². The van der Waals surface area contributed by atoms with Gasteiger partial charge in [-0.2, -0.15) is 0 Å². The highest BCUT2D eigenvalue weighted by atomic mass is 32.1. The quantitative estimate of drug-likeness (QED) is 0.789. The second kappa shape index (κ2) is 6.87. The molecule has 0 aliphatic carbocycles. The van der Waals surface area contributed by atoms with Crippen molar-refractivity contribution in [1.82, 2.24) is 9.80 Å². The van der Waals surface area contributed by atoms with Crippen molar-refractivity contribution < 1.29 is 9.59 Å². The number of rotatable bonds is 4. The Morgan fingerprint density at radius 1 is 1.38 bits per heavy atom. The van der Waals surface area contributed by atoms with Crippen molar-refractivity contribution >= 4 is 28.2 Å². The van der Waals surface area contributed by atoms with Crippen molar-refractivity contribution in [3.05, 3.63) is 29.2 Å². The Labute approximate surface area is 129 Å². The Morgan fingerprint density at radius 2 is 2.14 bits per heavy atom. The number of amides is 2. The summed E-state index contributed by atoms with van der Waals surface area (Å²) in [5, 5.41) is 0.966. The number of thiophene rings is 1. The second-order valence-corrected chi connectivity index (χ2v) is 6.62. The maximum absolute atomic E-state index is 12.2. The molecule has 1 saturated heterocycles. The molecule has 2 rings (SSSR count). The number of hydrogen-bond acceptors (Lipinski definition) is 4. The molecule has 2 amide bonds. The van der Waals surface area contributed by atoms with Gasteiger partial charge in [0.15, 0.2) is 0 Å². The zero-order valence-corrected chi connectivity index (χ0v) is 13.5. The van der Waals surface area contributed by atoms with Crippen LogP contribution in [0.5, 0.6) is 0 Å². The van der Waals surface area contributed by atoms with Crippen LogP contribution in [0.3, 0.4) is 0 Å². The molecular formula is C15H21N3O2S. The molecule has 0 saturated carbocycles. The van der Waals surface area contributed by atoms with Gasteiger partial charge in [-0.15, -0.1) is 11.3 Å². The molecule has 114 valence electrons. The highest BCUT2D eigenvalue weighted by molar-refractivity contribution is 7.16. The van der Waals surface area contributed by atoms with Gasteiger partial charge in [0.25, 0.3) is 0 Å². The fourth-order valence-electron chi connectivity index (χ4n) is 2.13. The van der Waals surface area contributed by atoms with E-state index in [1.807, 2.05) is 44.1 Å². The van der Waals surface area contributed by atoms with Gasteiger partial charge >= 0.3 is 0 Å². The molecule has 0 spiro atoms. The minimum atomic E-state index is -0.0905. The maximum Gasteiger partial charge on any atom is 0.247 e. The molecule has 5 nitrogen and oxygen atoms in total. The zero-order valence-electron chi connectivity index (χ0n) is 12.7. The lowest BCUT2D eigenvalue weighted by molar-refractivity contribution is -0.133. The number of likely N-dealkylation sites (N-methyl/N-ethyl adjacent to an activating group) is 1. The van der Waals surface area contributed by atoms with Gasteiger partial charge in [-0.25, -0.2) is 0 Å². The van der Waals surface area contributed by atoms with Crippen molar-refractivity contribution in [3.63, 3.8) is 0 Å². The summed E-state index contributed by atoms with van der Waals surface area (Å²) < 4.78 is 0. The molecular weight excluding hydrogens is 286 g/mol. The lowest BCUT2D eigenvalue weighted by Gasteiger charge is -2.33. The van der Waals surface area contributed by atoms with Crippen LogP contribution in [0, 0.1) is 6.92 Å². The summed E-state index contributed by atoms with van der Waals surface area (Å²) in [6.45, 7) is 4.03. The Kier molecular flexibility index (Phi) is 5.14. The predicted octanol–water partition coefficient (Wildman–Crippen LogP) is 1.35. The smallest absolute Gasteiger partial charge is 0.247 e. The Balaban J connectivity index is 1.93. The van der Waals surface area contributed by atoms with Gasteiger partial charge in [0.2, 0.25) is 11.8 Å². The lowest BCUT2D eigenvalue weighted by atomic mass is 10.3. The topological polar surface area (TPSA) is 43.9 Å². The Bertz CT molecular complexity index is 551. The number of piperazine rings is 1. The van der Waals surface area contributed by atoms with Crippen LogP contribution >= 0.6 is 11.3 Å². The van der Waals surface area contributed by atoms with Crippen LogP contribution in [-0.2, 0) is 9.59 Å². The number of hydrogen-bond donors (Lipinski definition) is 0. The molecule has 0 atom stereocenters. The monoisotopic (exact) mass is 307 g/mol. The average Bonchev–Trinajstić information content (AvgIpc) is 2.84. The molecule has 2 heterocycles. The second-order valence-electron chi connectivity index (χ2n) is 5.35. The van der Waals surface area contributed by atoms with E-state index in [9.17, 15) is 9.59 Å². The van der Waals surface area contributed by atoms with E-state index in [0.29, 0.717) is 19.6 Å². The van der Waals surface area contributed by atoms with E-state index in [0.717, 1.165) is 5.00 Å². The molecule has 1 fully saturated rings. The number of nitrogens with zero attached hydrogens (tertiary/aromatic N) is 3. The minimum Gasteiger partial charge on any atom is -0.328 e. The molecule has 1 aliphatic heterocycles. The highest BCUT2D eigenvalue weighted by Crippen LogP contribution is 2.26. The SMILES string of the molecule is Cc1ccc(N2CCN(C(=O)/C=C/CN(C)C)CC2=O)s1. The lowest BCUT2D eigenvalue weighted by Crippen LogP contribution is -2.51. The third-order valence-corrected chi connectivity index (χ3v) is 4.28. The van der Waals surface area contributed by atoms with Crippen LogP contribution in [0.4, 0.5) is 5.00 Å². The molecule has 21 heavy (non-hydrogen) atoms. The van der Waals surface area contributed by atoms with E-state index >= 15 is 0 Å². The van der Waals surface area contributed by atoms with Crippen LogP contribution in [0.1, 0.15) is 4.88 Å². The molecule has 0 radical (unpaired) electrons. The summed E-state index contributed by atoms with van der Waals surface area (Å²) in [5.41, 5.74) is 0. The molecule has 1 aromatic rings. The predicted molar refractivity (Wildman–Crippen MR) is 85.7 cm³/mol. The van der Waals surface area contributed by atoms with E-state index < -0.39 is 0 Å². The van der Waals surface area contributed by atoms with Gasteiger partial charge < -0.3 is 14.7 Å².